The summed E-state index contributed by atoms with van der Waals surface area (Å²) in [6.45, 7) is 1.83. The smallest absolute Gasteiger partial charge is 0.328 e. The molecule has 0 radical (unpaired) electrons. The van der Waals surface area contributed by atoms with Crippen LogP contribution in [0.3, 0.4) is 0 Å². The maximum absolute atomic E-state index is 12.2. The Balaban J connectivity index is 2.28. The van der Waals surface area contributed by atoms with Crippen LogP contribution in [0, 0.1) is 6.92 Å². The van der Waals surface area contributed by atoms with Crippen LogP contribution in [-0.4, -0.2) is 27.0 Å². The molecule has 2 N–H and O–H groups in total. The molecule has 0 unspecified atom stereocenters. The van der Waals surface area contributed by atoms with E-state index in [1.54, 1.807) is 24.4 Å². The number of aromatic nitrogens is 2. The predicted molar refractivity (Wildman–Crippen MR) is 77.8 cm³/mol. The van der Waals surface area contributed by atoms with Crippen LogP contribution < -0.4 is 5.32 Å². The largest absolute Gasteiger partial charge is 0.478 e. The number of nitrogens with one attached hydrogen (secondary N) is 1. The first-order valence-corrected chi connectivity index (χ1v) is 6.17. The Bertz CT molecular complexity index is 711. The summed E-state index contributed by atoms with van der Waals surface area (Å²) in [6.07, 6.45) is 5.33. The third kappa shape index (κ3) is 3.73. The van der Waals surface area contributed by atoms with E-state index < -0.39 is 11.9 Å². The van der Waals surface area contributed by atoms with Crippen LogP contribution in [0.2, 0.25) is 0 Å². The molecule has 0 saturated carbocycles. The Kier molecular flexibility index (Phi) is 4.40. The fourth-order valence-corrected chi connectivity index (χ4v) is 1.69. The number of aliphatic carboxylic acids is 1. The molecule has 106 valence electrons. The monoisotopic (exact) mass is 283 g/mol. The second-order valence-electron chi connectivity index (χ2n) is 4.24. The van der Waals surface area contributed by atoms with Crippen molar-refractivity contribution >= 4 is 23.8 Å². The predicted octanol–water partition coefficient (Wildman–Crippen LogP) is 2.14. The van der Waals surface area contributed by atoms with E-state index in [0.29, 0.717) is 11.4 Å². The highest BCUT2D eigenvalue weighted by Gasteiger charge is 2.13. The van der Waals surface area contributed by atoms with E-state index in [0.717, 1.165) is 11.6 Å². The lowest BCUT2D eigenvalue weighted by molar-refractivity contribution is -0.131. The summed E-state index contributed by atoms with van der Waals surface area (Å²) < 4.78 is 0. The summed E-state index contributed by atoms with van der Waals surface area (Å²) in [4.78, 5) is 30.9. The summed E-state index contributed by atoms with van der Waals surface area (Å²) in [7, 11) is 0. The van der Waals surface area contributed by atoms with E-state index >= 15 is 0 Å². The quantitative estimate of drug-likeness (QED) is 0.839. The van der Waals surface area contributed by atoms with E-state index in [9.17, 15) is 9.59 Å². The molecule has 0 atom stereocenters. The van der Waals surface area contributed by atoms with Gasteiger partial charge in [0.05, 0.1) is 0 Å². The standard InChI is InChI=1S/C15H13N3O3/c1-10-4-2-9-17-14(10)18-15(21)13-11(5-3-8-16-13)6-7-12(19)20/h2-9H,1H3,(H,19,20)(H,17,18,21)/b7-6+. The zero-order valence-electron chi connectivity index (χ0n) is 11.3. The maximum Gasteiger partial charge on any atom is 0.328 e. The molecule has 2 rings (SSSR count). The number of carbonyl (C=O) groups is 2. The summed E-state index contributed by atoms with van der Waals surface area (Å²) in [5.74, 6) is -1.09. The van der Waals surface area contributed by atoms with Crippen LogP contribution in [0.5, 0.6) is 0 Å². The van der Waals surface area contributed by atoms with Gasteiger partial charge in [0, 0.05) is 24.0 Å². The van der Waals surface area contributed by atoms with Gasteiger partial charge in [-0.2, -0.15) is 0 Å². The lowest BCUT2D eigenvalue weighted by atomic mass is 10.1. The SMILES string of the molecule is Cc1cccnc1NC(=O)c1ncccc1/C=C/C(=O)O. The third-order valence-electron chi connectivity index (χ3n) is 2.70. The van der Waals surface area contributed by atoms with Crippen molar-refractivity contribution in [3.63, 3.8) is 0 Å². The highest BCUT2D eigenvalue weighted by molar-refractivity contribution is 6.05. The third-order valence-corrected chi connectivity index (χ3v) is 2.70. The first-order chi connectivity index (χ1) is 10.1. The van der Waals surface area contributed by atoms with Crippen LogP contribution in [0.4, 0.5) is 5.82 Å². The van der Waals surface area contributed by atoms with Gasteiger partial charge in [-0.3, -0.25) is 9.78 Å². The number of carboxylic acids is 1. The molecule has 21 heavy (non-hydrogen) atoms. The van der Waals surface area contributed by atoms with Crippen molar-refractivity contribution in [2.75, 3.05) is 5.32 Å². The normalized spacial score (nSPS) is 10.5. The van der Waals surface area contributed by atoms with Gasteiger partial charge in [0.2, 0.25) is 0 Å². The number of nitrogens with zero attached hydrogens (tertiary/aromatic N) is 2. The van der Waals surface area contributed by atoms with Gasteiger partial charge in [0.1, 0.15) is 11.5 Å². The lowest BCUT2D eigenvalue weighted by Gasteiger charge is -2.08. The Morgan fingerprint density at radius 1 is 1.19 bits per heavy atom. The number of aryl methyl sites for hydroxylation is 1. The maximum atomic E-state index is 12.2. The van der Waals surface area contributed by atoms with Gasteiger partial charge in [0.25, 0.3) is 5.91 Å². The van der Waals surface area contributed by atoms with Crippen molar-refractivity contribution in [2.45, 2.75) is 6.92 Å². The molecule has 0 aliphatic heterocycles. The van der Waals surface area contributed by atoms with Crippen molar-refractivity contribution in [1.29, 1.82) is 0 Å². The van der Waals surface area contributed by atoms with E-state index in [2.05, 4.69) is 15.3 Å². The van der Waals surface area contributed by atoms with Crippen LogP contribution in [0.1, 0.15) is 21.6 Å². The number of carbonyl (C=O) groups excluding carboxylic acids is 1. The number of rotatable bonds is 4. The number of anilines is 1. The zero-order chi connectivity index (χ0) is 15.2. The minimum Gasteiger partial charge on any atom is -0.478 e. The molecule has 6 nitrogen and oxygen atoms in total. The minimum absolute atomic E-state index is 0.139. The summed E-state index contributed by atoms with van der Waals surface area (Å²) in [5, 5.41) is 11.3. The molecule has 0 aromatic carbocycles. The van der Waals surface area contributed by atoms with Crippen molar-refractivity contribution in [3.05, 3.63) is 59.6 Å². The van der Waals surface area contributed by atoms with Crippen molar-refractivity contribution in [1.82, 2.24) is 9.97 Å². The average molecular weight is 283 g/mol. The molecule has 6 heteroatoms. The van der Waals surface area contributed by atoms with E-state index in [1.165, 1.54) is 12.3 Å². The summed E-state index contributed by atoms with van der Waals surface area (Å²) >= 11 is 0. The van der Waals surface area contributed by atoms with Gasteiger partial charge in [-0.25, -0.2) is 9.78 Å². The Hall–Kier alpha value is -3.02. The molecule has 2 aromatic heterocycles. The van der Waals surface area contributed by atoms with E-state index in [4.69, 9.17) is 5.11 Å². The molecule has 2 heterocycles. The van der Waals surface area contributed by atoms with Crippen molar-refractivity contribution in [2.24, 2.45) is 0 Å². The molecule has 2 aromatic rings. The van der Waals surface area contributed by atoms with Gasteiger partial charge < -0.3 is 10.4 Å². The van der Waals surface area contributed by atoms with Crippen LogP contribution in [0.25, 0.3) is 6.08 Å². The number of amides is 1. The summed E-state index contributed by atoms with van der Waals surface area (Å²) in [6, 6.07) is 6.84. The van der Waals surface area contributed by atoms with Crippen LogP contribution in [0.15, 0.2) is 42.7 Å². The fourth-order valence-electron chi connectivity index (χ4n) is 1.69. The van der Waals surface area contributed by atoms with Gasteiger partial charge in [-0.05, 0) is 30.7 Å². The molecule has 0 fully saturated rings. The highest BCUT2D eigenvalue weighted by atomic mass is 16.4. The Labute approximate surface area is 121 Å². The molecule has 0 bridgehead atoms. The van der Waals surface area contributed by atoms with Gasteiger partial charge in [0.15, 0.2) is 0 Å². The molecule has 0 saturated heterocycles. The van der Waals surface area contributed by atoms with Crippen molar-refractivity contribution < 1.29 is 14.7 Å². The number of hydrogen-bond acceptors (Lipinski definition) is 4. The van der Waals surface area contributed by atoms with Gasteiger partial charge in [-0.15, -0.1) is 0 Å². The summed E-state index contributed by atoms with van der Waals surface area (Å²) in [5.41, 5.74) is 1.38. The second-order valence-corrected chi connectivity index (χ2v) is 4.24. The molecule has 0 aliphatic carbocycles. The lowest BCUT2D eigenvalue weighted by Crippen LogP contribution is -2.16. The molecule has 1 amide bonds. The van der Waals surface area contributed by atoms with Gasteiger partial charge >= 0.3 is 5.97 Å². The topological polar surface area (TPSA) is 92.2 Å². The molecule has 0 spiro atoms. The Morgan fingerprint density at radius 2 is 1.90 bits per heavy atom. The number of pyridine rings is 2. The fraction of sp³-hybridized carbons (Fsp3) is 0.0667. The first-order valence-electron chi connectivity index (χ1n) is 6.17. The van der Waals surface area contributed by atoms with Crippen LogP contribution >= 0.6 is 0 Å². The Morgan fingerprint density at radius 3 is 2.62 bits per heavy atom. The van der Waals surface area contributed by atoms with E-state index in [-0.39, 0.29) is 5.69 Å². The van der Waals surface area contributed by atoms with Crippen molar-refractivity contribution in [3.8, 4) is 0 Å². The highest BCUT2D eigenvalue weighted by Crippen LogP contribution is 2.13. The molecular formula is C15H13N3O3. The van der Waals surface area contributed by atoms with Gasteiger partial charge in [-0.1, -0.05) is 12.1 Å². The zero-order valence-corrected chi connectivity index (χ0v) is 11.3. The molecule has 0 aliphatic rings. The second kappa shape index (κ2) is 6.42. The van der Waals surface area contributed by atoms with Crippen LogP contribution in [-0.2, 0) is 4.79 Å². The number of carboxylic acid groups (broad SMARTS) is 1. The number of hydrogen-bond donors (Lipinski definition) is 2. The van der Waals surface area contributed by atoms with E-state index in [1.807, 2.05) is 13.0 Å². The molecular weight excluding hydrogens is 270 g/mol. The first kappa shape index (κ1) is 14.4. The minimum atomic E-state index is -1.09. The average Bonchev–Trinajstić information content (AvgIpc) is 2.47.